The topological polar surface area (TPSA) is 43.8 Å². The zero-order chi connectivity index (χ0) is 13.3. The lowest BCUT2D eigenvalue weighted by Gasteiger charge is -2.11. The molecule has 2 heterocycles. The van der Waals surface area contributed by atoms with Crippen molar-refractivity contribution in [1.29, 1.82) is 0 Å². The third-order valence-electron chi connectivity index (χ3n) is 2.83. The summed E-state index contributed by atoms with van der Waals surface area (Å²) in [7, 11) is 0. The van der Waals surface area contributed by atoms with Crippen molar-refractivity contribution in [1.82, 2.24) is 9.78 Å². The van der Waals surface area contributed by atoms with Gasteiger partial charge in [0.1, 0.15) is 0 Å². The van der Waals surface area contributed by atoms with E-state index in [2.05, 4.69) is 5.10 Å². The Hall–Kier alpha value is -0.550. The van der Waals surface area contributed by atoms with E-state index in [0.29, 0.717) is 6.42 Å². The summed E-state index contributed by atoms with van der Waals surface area (Å²) in [4.78, 5) is 1.07. The van der Waals surface area contributed by atoms with Gasteiger partial charge in [-0.1, -0.05) is 23.2 Å². The van der Waals surface area contributed by atoms with Crippen LogP contribution in [0.5, 0.6) is 0 Å². The molecule has 2 aromatic rings. The van der Waals surface area contributed by atoms with Gasteiger partial charge in [0.2, 0.25) is 0 Å². The van der Waals surface area contributed by atoms with E-state index in [1.54, 1.807) is 0 Å². The number of thiophene rings is 1. The summed E-state index contributed by atoms with van der Waals surface area (Å²) in [5, 5.41) is 5.10. The van der Waals surface area contributed by atoms with Gasteiger partial charge in [0.25, 0.3) is 0 Å². The van der Waals surface area contributed by atoms with Crippen molar-refractivity contribution >= 4 is 34.5 Å². The molecule has 0 saturated heterocycles. The van der Waals surface area contributed by atoms with Crippen LogP contribution < -0.4 is 5.73 Å². The molecule has 6 heteroatoms. The molecule has 1 atom stereocenters. The van der Waals surface area contributed by atoms with E-state index in [-0.39, 0.29) is 6.04 Å². The number of rotatable bonds is 4. The summed E-state index contributed by atoms with van der Waals surface area (Å²) < 4.78 is 2.67. The second-order valence-electron chi connectivity index (χ2n) is 4.11. The molecule has 0 aliphatic heterocycles. The highest BCUT2D eigenvalue weighted by atomic mass is 35.5. The standard InChI is InChI=1S/C12H15Cl2N3S/c1-3-17-9(12(14)7(2)16-17)6-8(15)10-4-5-11(13)18-10/h4-5,8H,3,6,15H2,1-2H3. The monoisotopic (exact) mass is 303 g/mol. The number of aryl methyl sites for hydroxylation is 2. The Bertz CT molecular complexity index is 548. The maximum Gasteiger partial charge on any atom is 0.0931 e. The first-order chi connectivity index (χ1) is 8.52. The fraction of sp³-hybridized carbons (Fsp3) is 0.417. The van der Waals surface area contributed by atoms with Gasteiger partial charge in [0.05, 0.1) is 20.7 Å². The van der Waals surface area contributed by atoms with Crippen LogP contribution in [0.3, 0.4) is 0 Å². The van der Waals surface area contributed by atoms with Gasteiger partial charge in [-0.2, -0.15) is 5.10 Å². The average molecular weight is 304 g/mol. The van der Waals surface area contributed by atoms with Gasteiger partial charge in [-0.05, 0) is 26.0 Å². The van der Waals surface area contributed by atoms with Crippen LogP contribution >= 0.6 is 34.5 Å². The quantitative estimate of drug-likeness (QED) is 0.933. The van der Waals surface area contributed by atoms with Crippen molar-refractivity contribution < 1.29 is 0 Å². The molecule has 1 unspecified atom stereocenters. The number of nitrogens with two attached hydrogens (primary N) is 1. The van der Waals surface area contributed by atoms with E-state index < -0.39 is 0 Å². The molecule has 0 saturated carbocycles. The van der Waals surface area contributed by atoms with Crippen molar-refractivity contribution in [2.45, 2.75) is 32.9 Å². The van der Waals surface area contributed by atoms with Gasteiger partial charge >= 0.3 is 0 Å². The van der Waals surface area contributed by atoms with Crippen LogP contribution in [-0.4, -0.2) is 9.78 Å². The molecule has 3 nitrogen and oxygen atoms in total. The number of halogens is 2. The highest BCUT2D eigenvalue weighted by molar-refractivity contribution is 7.16. The molecular weight excluding hydrogens is 289 g/mol. The van der Waals surface area contributed by atoms with Crippen LogP contribution in [0.2, 0.25) is 9.36 Å². The van der Waals surface area contributed by atoms with Crippen LogP contribution in [-0.2, 0) is 13.0 Å². The third-order valence-corrected chi connectivity index (χ3v) is 4.68. The minimum atomic E-state index is -0.0959. The summed E-state index contributed by atoms with van der Waals surface area (Å²) in [6, 6.07) is 3.73. The highest BCUT2D eigenvalue weighted by Gasteiger charge is 2.17. The van der Waals surface area contributed by atoms with E-state index >= 15 is 0 Å². The van der Waals surface area contributed by atoms with E-state index in [1.807, 2.05) is 30.7 Å². The second-order valence-corrected chi connectivity index (χ2v) is 6.24. The van der Waals surface area contributed by atoms with E-state index in [4.69, 9.17) is 28.9 Å². The zero-order valence-electron chi connectivity index (χ0n) is 10.3. The molecule has 0 aromatic carbocycles. The van der Waals surface area contributed by atoms with Crippen LogP contribution in [0.4, 0.5) is 0 Å². The molecule has 0 aliphatic carbocycles. The Morgan fingerprint density at radius 1 is 1.44 bits per heavy atom. The Balaban J connectivity index is 2.23. The van der Waals surface area contributed by atoms with Crippen molar-refractivity contribution in [3.05, 3.63) is 37.8 Å². The largest absolute Gasteiger partial charge is 0.323 e. The van der Waals surface area contributed by atoms with E-state index in [1.165, 1.54) is 11.3 Å². The molecule has 2 rings (SSSR count). The predicted octanol–water partition coefficient (Wildman–Crippen LogP) is 3.82. The molecule has 0 aliphatic rings. The van der Waals surface area contributed by atoms with Gasteiger partial charge in [-0.3, -0.25) is 4.68 Å². The Morgan fingerprint density at radius 2 is 2.17 bits per heavy atom. The summed E-state index contributed by atoms with van der Waals surface area (Å²) in [6.45, 7) is 4.74. The van der Waals surface area contributed by atoms with E-state index in [0.717, 1.165) is 32.2 Å². The van der Waals surface area contributed by atoms with Gasteiger partial charge in [0.15, 0.2) is 0 Å². The Labute approximate surface area is 121 Å². The van der Waals surface area contributed by atoms with Gasteiger partial charge in [-0.15, -0.1) is 11.3 Å². The number of aromatic nitrogens is 2. The zero-order valence-corrected chi connectivity index (χ0v) is 12.6. The maximum absolute atomic E-state index is 6.27. The minimum absolute atomic E-state index is 0.0959. The molecule has 0 radical (unpaired) electrons. The van der Waals surface area contributed by atoms with Crippen molar-refractivity contribution in [3.63, 3.8) is 0 Å². The molecule has 0 fully saturated rings. The molecular formula is C12H15Cl2N3S. The fourth-order valence-corrected chi connectivity index (χ4v) is 3.18. The predicted molar refractivity (Wildman–Crippen MR) is 77.6 cm³/mol. The van der Waals surface area contributed by atoms with Crippen LogP contribution in [0.25, 0.3) is 0 Å². The molecule has 0 bridgehead atoms. The first-order valence-electron chi connectivity index (χ1n) is 5.75. The molecule has 98 valence electrons. The fourth-order valence-electron chi connectivity index (χ4n) is 1.90. The van der Waals surface area contributed by atoms with Crippen LogP contribution in [0, 0.1) is 6.92 Å². The lowest BCUT2D eigenvalue weighted by molar-refractivity contribution is 0.590. The summed E-state index contributed by atoms with van der Waals surface area (Å²) in [5.74, 6) is 0. The first kappa shape index (κ1) is 13.9. The maximum atomic E-state index is 6.27. The van der Waals surface area contributed by atoms with Crippen LogP contribution in [0.1, 0.15) is 29.2 Å². The third kappa shape index (κ3) is 2.72. The summed E-state index contributed by atoms with van der Waals surface area (Å²) in [5.41, 5.74) is 8.04. The molecule has 2 N–H and O–H groups in total. The molecule has 0 spiro atoms. The molecule has 2 aromatic heterocycles. The van der Waals surface area contributed by atoms with Gasteiger partial charge < -0.3 is 5.73 Å². The van der Waals surface area contributed by atoms with Gasteiger partial charge in [0, 0.05) is 23.9 Å². The molecule has 18 heavy (non-hydrogen) atoms. The second kappa shape index (κ2) is 5.61. The first-order valence-corrected chi connectivity index (χ1v) is 7.32. The normalized spacial score (nSPS) is 12.9. The van der Waals surface area contributed by atoms with E-state index in [9.17, 15) is 0 Å². The number of hydrogen-bond donors (Lipinski definition) is 1. The Kier molecular flexibility index (Phi) is 4.33. The van der Waals surface area contributed by atoms with Gasteiger partial charge in [-0.25, -0.2) is 0 Å². The lowest BCUT2D eigenvalue weighted by Crippen LogP contribution is -2.15. The lowest BCUT2D eigenvalue weighted by atomic mass is 10.1. The minimum Gasteiger partial charge on any atom is -0.323 e. The SMILES string of the molecule is CCn1nc(C)c(Cl)c1CC(N)c1ccc(Cl)s1. The summed E-state index contributed by atoms with van der Waals surface area (Å²) >= 11 is 13.7. The van der Waals surface area contributed by atoms with Crippen molar-refractivity contribution in [2.75, 3.05) is 0 Å². The Morgan fingerprint density at radius 3 is 2.72 bits per heavy atom. The van der Waals surface area contributed by atoms with Crippen molar-refractivity contribution in [3.8, 4) is 0 Å². The summed E-state index contributed by atoms with van der Waals surface area (Å²) in [6.07, 6.45) is 0.671. The van der Waals surface area contributed by atoms with Crippen LogP contribution in [0.15, 0.2) is 12.1 Å². The average Bonchev–Trinajstić information content (AvgIpc) is 2.88. The molecule has 0 amide bonds. The van der Waals surface area contributed by atoms with Crippen molar-refractivity contribution in [2.24, 2.45) is 5.73 Å². The number of hydrogen-bond acceptors (Lipinski definition) is 3. The highest BCUT2D eigenvalue weighted by Crippen LogP contribution is 2.30. The smallest absolute Gasteiger partial charge is 0.0931 e. The number of nitrogens with zero attached hydrogens (tertiary/aromatic N) is 2.